The molecule has 2 heterocycles. The number of morpholine rings is 1. The minimum absolute atomic E-state index is 0.0141. The van der Waals surface area contributed by atoms with Crippen LogP contribution in [0.25, 0.3) is 0 Å². The standard InChI is InChI=1S/C15H24N2O3S/c1-10-8-20-12(7-18)6-17(10)13(19)5-11-9-21-14(16-11)15(2,3)4/h9-10,12,18H,5-8H2,1-4H3. The molecule has 1 amide bonds. The normalized spacial score (nSPS) is 23.4. The van der Waals surface area contributed by atoms with Gasteiger partial charge in [-0.1, -0.05) is 20.8 Å². The van der Waals surface area contributed by atoms with E-state index >= 15 is 0 Å². The van der Waals surface area contributed by atoms with Gasteiger partial charge in [-0.2, -0.15) is 0 Å². The van der Waals surface area contributed by atoms with Crippen LogP contribution in [0, 0.1) is 0 Å². The molecule has 1 fully saturated rings. The lowest BCUT2D eigenvalue weighted by Gasteiger charge is -2.37. The summed E-state index contributed by atoms with van der Waals surface area (Å²) < 4.78 is 5.46. The van der Waals surface area contributed by atoms with Gasteiger partial charge in [0.15, 0.2) is 0 Å². The van der Waals surface area contributed by atoms with E-state index in [9.17, 15) is 9.90 Å². The minimum atomic E-state index is -0.272. The minimum Gasteiger partial charge on any atom is -0.394 e. The number of carbonyl (C=O) groups excluding carboxylic acids is 1. The molecule has 1 aliphatic heterocycles. The maximum Gasteiger partial charge on any atom is 0.229 e. The second-order valence-corrected chi connectivity index (χ2v) is 7.46. The lowest BCUT2D eigenvalue weighted by atomic mass is 9.98. The average Bonchev–Trinajstić information content (AvgIpc) is 2.87. The molecule has 0 aliphatic carbocycles. The van der Waals surface area contributed by atoms with Crippen molar-refractivity contribution in [1.29, 1.82) is 0 Å². The van der Waals surface area contributed by atoms with Gasteiger partial charge in [-0.25, -0.2) is 4.98 Å². The molecule has 0 aromatic carbocycles. The lowest BCUT2D eigenvalue weighted by molar-refractivity contribution is -0.145. The van der Waals surface area contributed by atoms with E-state index in [1.165, 1.54) is 0 Å². The molecule has 118 valence electrons. The van der Waals surface area contributed by atoms with E-state index < -0.39 is 0 Å². The summed E-state index contributed by atoms with van der Waals surface area (Å²) in [5, 5.41) is 12.2. The molecule has 1 aromatic rings. The number of rotatable bonds is 3. The number of hydrogen-bond donors (Lipinski definition) is 1. The largest absolute Gasteiger partial charge is 0.394 e. The first kappa shape index (κ1) is 16.4. The molecular formula is C15H24N2O3S. The molecule has 2 rings (SSSR count). The quantitative estimate of drug-likeness (QED) is 0.921. The van der Waals surface area contributed by atoms with Crippen molar-refractivity contribution in [1.82, 2.24) is 9.88 Å². The van der Waals surface area contributed by atoms with Gasteiger partial charge in [0.05, 0.1) is 42.5 Å². The summed E-state index contributed by atoms with van der Waals surface area (Å²) in [6.45, 7) is 9.19. The second-order valence-electron chi connectivity index (χ2n) is 6.60. The molecule has 6 heteroatoms. The second kappa shape index (κ2) is 6.42. The molecule has 0 spiro atoms. The van der Waals surface area contributed by atoms with Gasteiger partial charge in [-0.05, 0) is 6.92 Å². The Morgan fingerprint density at radius 3 is 2.86 bits per heavy atom. The fourth-order valence-corrected chi connectivity index (χ4v) is 3.17. The van der Waals surface area contributed by atoms with Crippen LogP contribution in [0.2, 0.25) is 0 Å². The summed E-state index contributed by atoms with van der Waals surface area (Å²) in [6, 6.07) is 0.0426. The van der Waals surface area contributed by atoms with Gasteiger partial charge in [-0.15, -0.1) is 11.3 Å². The van der Waals surface area contributed by atoms with Crippen LogP contribution < -0.4 is 0 Å². The molecule has 5 nitrogen and oxygen atoms in total. The SMILES string of the molecule is CC1COC(CO)CN1C(=O)Cc1csc(C(C)(C)C)n1. The van der Waals surface area contributed by atoms with E-state index in [0.717, 1.165) is 10.7 Å². The fraction of sp³-hybridized carbons (Fsp3) is 0.733. The van der Waals surface area contributed by atoms with Crippen molar-refractivity contribution in [2.24, 2.45) is 0 Å². The van der Waals surface area contributed by atoms with E-state index in [-0.39, 0.29) is 30.1 Å². The first-order valence-corrected chi connectivity index (χ1v) is 8.16. The summed E-state index contributed by atoms with van der Waals surface area (Å²) in [5.41, 5.74) is 0.842. The third-order valence-electron chi connectivity index (χ3n) is 3.56. The Kier molecular flexibility index (Phi) is 5.01. The van der Waals surface area contributed by atoms with Crippen molar-refractivity contribution in [2.75, 3.05) is 19.8 Å². The van der Waals surface area contributed by atoms with Crippen LogP contribution in [0.5, 0.6) is 0 Å². The summed E-state index contributed by atoms with van der Waals surface area (Å²) in [7, 11) is 0. The van der Waals surface area contributed by atoms with Gasteiger partial charge in [0.1, 0.15) is 0 Å². The third-order valence-corrected chi connectivity index (χ3v) is 4.87. The Hall–Kier alpha value is -0.980. The first-order chi connectivity index (χ1) is 9.81. The predicted molar refractivity (Wildman–Crippen MR) is 82.5 cm³/mol. The zero-order valence-corrected chi connectivity index (χ0v) is 13.9. The van der Waals surface area contributed by atoms with Gasteiger partial charge in [0.2, 0.25) is 5.91 Å². The molecule has 1 N–H and O–H groups in total. The highest BCUT2D eigenvalue weighted by Crippen LogP contribution is 2.26. The molecule has 21 heavy (non-hydrogen) atoms. The van der Waals surface area contributed by atoms with E-state index in [4.69, 9.17) is 4.74 Å². The van der Waals surface area contributed by atoms with E-state index in [1.807, 2.05) is 12.3 Å². The van der Waals surface area contributed by atoms with Gasteiger partial charge in [-0.3, -0.25) is 4.79 Å². The maximum atomic E-state index is 12.5. The Morgan fingerprint density at radius 2 is 2.29 bits per heavy atom. The maximum absolute atomic E-state index is 12.5. The first-order valence-electron chi connectivity index (χ1n) is 7.28. The van der Waals surface area contributed by atoms with Gasteiger partial charge >= 0.3 is 0 Å². The summed E-state index contributed by atoms with van der Waals surface area (Å²) >= 11 is 1.60. The number of aliphatic hydroxyl groups excluding tert-OH is 1. The third kappa shape index (κ3) is 4.02. The molecule has 2 unspecified atom stereocenters. The van der Waals surface area contributed by atoms with Crippen molar-refractivity contribution in [3.05, 3.63) is 16.1 Å². The number of nitrogens with zero attached hydrogens (tertiary/aromatic N) is 2. The number of thiazole rings is 1. The highest BCUT2D eigenvalue weighted by molar-refractivity contribution is 7.09. The van der Waals surface area contributed by atoms with Crippen molar-refractivity contribution in [3.8, 4) is 0 Å². The highest BCUT2D eigenvalue weighted by Gasteiger charge is 2.29. The van der Waals surface area contributed by atoms with E-state index in [2.05, 4.69) is 25.8 Å². The summed E-state index contributed by atoms with van der Waals surface area (Å²) in [4.78, 5) is 18.8. The number of aromatic nitrogens is 1. The number of ether oxygens (including phenoxy) is 1. The monoisotopic (exact) mass is 312 g/mol. The van der Waals surface area contributed by atoms with Crippen LogP contribution in [0.15, 0.2) is 5.38 Å². The molecular weight excluding hydrogens is 288 g/mol. The Balaban J connectivity index is 2.02. The molecule has 1 aromatic heterocycles. The average molecular weight is 312 g/mol. The zero-order chi connectivity index (χ0) is 15.6. The molecule has 0 bridgehead atoms. The molecule has 0 radical (unpaired) electrons. The number of hydrogen-bond acceptors (Lipinski definition) is 5. The van der Waals surface area contributed by atoms with Crippen LogP contribution in [0.3, 0.4) is 0 Å². The van der Waals surface area contributed by atoms with Crippen molar-refractivity contribution in [2.45, 2.75) is 51.7 Å². The van der Waals surface area contributed by atoms with Crippen molar-refractivity contribution in [3.63, 3.8) is 0 Å². The molecule has 1 aliphatic rings. The van der Waals surface area contributed by atoms with Gasteiger partial charge in [0, 0.05) is 17.3 Å². The fourth-order valence-electron chi connectivity index (χ4n) is 2.26. The van der Waals surface area contributed by atoms with Crippen LogP contribution in [-0.2, 0) is 21.4 Å². The Morgan fingerprint density at radius 1 is 1.57 bits per heavy atom. The van der Waals surface area contributed by atoms with Crippen LogP contribution in [0.4, 0.5) is 0 Å². The number of amides is 1. The summed E-state index contributed by atoms with van der Waals surface area (Å²) in [5.74, 6) is 0.0509. The number of carbonyl (C=O) groups is 1. The molecule has 1 saturated heterocycles. The zero-order valence-electron chi connectivity index (χ0n) is 13.1. The Labute approximate surface area is 129 Å². The van der Waals surface area contributed by atoms with Crippen molar-refractivity contribution >= 4 is 17.2 Å². The lowest BCUT2D eigenvalue weighted by Crippen LogP contribution is -2.52. The predicted octanol–water partition coefficient (Wildman–Crippen LogP) is 1.59. The van der Waals surface area contributed by atoms with Crippen molar-refractivity contribution < 1.29 is 14.6 Å². The van der Waals surface area contributed by atoms with E-state index in [0.29, 0.717) is 19.6 Å². The molecule has 2 atom stereocenters. The van der Waals surface area contributed by atoms with E-state index in [1.54, 1.807) is 16.2 Å². The van der Waals surface area contributed by atoms with Crippen LogP contribution in [0.1, 0.15) is 38.4 Å². The number of aliphatic hydroxyl groups is 1. The van der Waals surface area contributed by atoms with Gasteiger partial charge < -0.3 is 14.7 Å². The topological polar surface area (TPSA) is 62.7 Å². The Bertz CT molecular complexity index is 495. The molecule has 0 saturated carbocycles. The smallest absolute Gasteiger partial charge is 0.229 e. The van der Waals surface area contributed by atoms with Crippen LogP contribution >= 0.6 is 11.3 Å². The summed E-state index contributed by atoms with van der Waals surface area (Å²) in [6.07, 6.45) is 0.0421. The van der Waals surface area contributed by atoms with Crippen LogP contribution in [-0.4, -0.2) is 52.8 Å². The highest BCUT2D eigenvalue weighted by atomic mass is 32.1. The van der Waals surface area contributed by atoms with Gasteiger partial charge in [0.25, 0.3) is 0 Å².